The van der Waals surface area contributed by atoms with Crippen LogP contribution in [0.25, 0.3) is 0 Å². The molecule has 2 aromatic rings. The number of fused-ring (bicyclic) bond motifs is 3. The van der Waals surface area contributed by atoms with E-state index in [-0.39, 0.29) is 27.9 Å². The topological polar surface area (TPSA) is 66.4 Å². The van der Waals surface area contributed by atoms with E-state index >= 15 is 0 Å². The van der Waals surface area contributed by atoms with Gasteiger partial charge in [-0.3, -0.25) is 4.79 Å². The Morgan fingerprint density at radius 1 is 1.09 bits per heavy atom. The minimum atomic E-state index is -1.07. The van der Waals surface area contributed by atoms with Crippen molar-refractivity contribution in [1.82, 2.24) is 5.32 Å². The molecule has 1 saturated carbocycles. The Bertz CT molecular complexity index is 1040. The summed E-state index contributed by atoms with van der Waals surface area (Å²) < 4.78 is 0. The van der Waals surface area contributed by atoms with Gasteiger partial charge in [0.05, 0.1) is 11.1 Å². The summed E-state index contributed by atoms with van der Waals surface area (Å²) in [6, 6.07) is 13.5. The van der Waals surface area contributed by atoms with Gasteiger partial charge in [0.2, 0.25) is 0 Å². The van der Waals surface area contributed by atoms with Gasteiger partial charge in [-0.1, -0.05) is 64.4 Å². The van der Waals surface area contributed by atoms with Gasteiger partial charge in [-0.2, -0.15) is 0 Å². The Hall–Kier alpha value is -2.62. The van der Waals surface area contributed by atoms with E-state index in [1.807, 2.05) is 0 Å². The lowest BCUT2D eigenvalue weighted by molar-refractivity contribution is 0.0254. The molecule has 0 heterocycles. The Morgan fingerprint density at radius 2 is 1.81 bits per heavy atom. The van der Waals surface area contributed by atoms with Crippen molar-refractivity contribution in [3.05, 3.63) is 70.3 Å². The second kappa shape index (κ2) is 8.38. The summed E-state index contributed by atoms with van der Waals surface area (Å²) >= 11 is 0. The van der Waals surface area contributed by atoms with Gasteiger partial charge in [0.25, 0.3) is 5.91 Å². The largest absolute Gasteiger partial charge is 0.478 e. The molecule has 2 N–H and O–H groups in total. The van der Waals surface area contributed by atoms with Crippen LogP contribution in [-0.2, 0) is 11.8 Å². The number of carbonyl (C=O) groups is 2. The quantitative estimate of drug-likeness (QED) is 0.612. The van der Waals surface area contributed by atoms with Crippen LogP contribution in [0.1, 0.15) is 96.7 Å². The van der Waals surface area contributed by atoms with E-state index in [0.29, 0.717) is 18.4 Å². The number of nitrogens with one attached hydrogen (secondary N) is 1. The summed E-state index contributed by atoms with van der Waals surface area (Å²) in [6.45, 7) is 9.80. The highest BCUT2D eigenvalue weighted by atomic mass is 16.4. The first-order chi connectivity index (χ1) is 15.2. The normalized spacial score (nSPS) is 26.8. The summed E-state index contributed by atoms with van der Waals surface area (Å²) in [5.74, 6) is -0.353. The van der Waals surface area contributed by atoms with Crippen LogP contribution in [0.3, 0.4) is 0 Å². The lowest BCUT2D eigenvalue weighted by Gasteiger charge is -2.55. The first kappa shape index (κ1) is 22.6. The van der Waals surface area contributed by atoms with Gasteiger partial charge in [-0.15, -0.1) is 0 Å². The minimum Gasteiger partial charge on any atom is -0.478 e. The number of amides is 1. The number of aromatic carboxylic acids is 1. The van der Waals surface area contributed by atoms with Gasteiger partial charge in [0, 0.05) is 6.54 Å². The van der Waals surface area contributed by atoms with E-state index in [1.165, 1.54) is 29.2 Å². The van der Waals surface area contributed by atoms with E-state index in [1.54, 1.807) is 18.2 Å². The van der Waals surface area contributed by atoms with Crippen molar-refractivity contribution >= 4 is 11.9 Å². The van der Waals surface area contributed by atoms with Gasteiger partial charge >= 0.3 is 5.97 Å². The van der Waals surface area contributed by atoms with Crippen molar-refractivity contribution in [2.75, 3.05) is 6.54 Å². The Kier molecular flexibility index (Phi) is 5.91. The molecule has 170 valence electrons. The van der Waals surface area contributed by atoms with Crippen LogP contribution in [0.2, 0.25) is 0 Å². The second-order valence-electron chi connectivity index (χ2n) is 10.6. The number of aryl methyl sites for hydroxylation is 1. The molecule has 3 atom stereocenters. The van der Waals surface area contributed by atoms with Gasteiger partial charge in [0.1, 0.15) is 0 Å². The second-order valence-corrected chi connectivity index (χ2v) is 10.6. The number of hydrogen-bond donors (Lipinski definition) is 2. The molecule has 1 amide bonds. The number of hydrogen-bond acceptors (Lipinski definition) is 2. The summed E-state index contributed by atoms with van der Waals surface area (Å²) in [5.41, 5.74) is 4.78. The number of rotatable bonds is 5. The van der Waals surface area contributed by atoms with Crippen LogP contribution in [0.5, 0.6) is 0 Å². The molecule has 0 saturated heterocycles. The van der Waals surface area contributed by atoms with E-state index < -0.39 is 5.97 Å². The average Bonchev–Trinajstić information content (AvgIpc) is 2.77. The summed E-state index contributed by atoms with van der Waals surface area (Å²) in [4.78, 5) is 24.4. The van der Waals surface area contributed by atoms with Crippen molar-refractivity contribution < 1.29 is 14.7 Å². The zero-order valence-electron chi connectivity index (χ0n) is 19.7. The first-order valence-electron chi connectivity index (χ1n) is 11.9. The van der Waals surface area contributed by atoms with Crippen molar-refractivity contribution in [3.8, 4) is 0 Å². The first-order valence-corrected chi connectivity index (χ1v) is 11.9. The van der Waals surface area contributed by atoms with Crippen LogP contribution >= 0.6 is 0 Å². The molecule has 0 spiro atoms. The van der Waals surface area contributed by atoms with Crippen LogP contribution in [0, 0.1) is 11.3 Å². The molecular weight excluding hydrogens is 398 g/mol. The van der Waals surface area contributed by atoms with Crippen LogP contribution in [-0.4, -0.2) is 23.5 Å². The molecule has 0 bridgehead atoms. The average molecular weight is 434 g/mol. The fourth-order valence-electron chi connectivity index (χ4n) is 6.46. The molecular formula is C28H35NO3. The third-order valence-electron chi connectivity index (χ3n) is 8.22. The highest BCUT2D eigenvalue weighted by Gasteiger charge is 2.51. The van der Waals surface area contributed by atoms with Crippen LogP contribution in [0.15, 0.2) is 42.5 Å². The number of carbonyl (C=O) groups excluding carboxylic acids is 1. The maximum Gasteiger partial charge on any atom is 0.336 e. The highest BCUT2D eigenvalue weighted by molar-refractivity contribution is 6.04. The maximum atomic E-state index is 12.9. The van der Waals surface area contributed by atoms with Crippen molar-refractivity contribution in [2.24, 2.45) is 11.3 Å². The predicted octanol–water partition coefficient (Wildman–Crippen LogP) is 5.95. The molecule has 2 aromatic carbocycles. The lowest BCUT2D eigenvalue weighted by atomic mass is 9.49. The highest BCUT2D eigenvalue weighted by Crippen LogP contribution is 2.57. The molecule has 4 rings (SSSR count). The SMILES string of the molecule is CC(C)c1ccc2c(c1)CC[C@H]1[C@](C)(CNC(=O)c3ccccc3C(=O)O)CCC[C@]21C. The van der Waals surface area contributed by atoms with Crippen molar-refractivity contribution in [2.45, 2.75) is 71.1 Å². The maximum absolute atomic E-state index is 12.9. The Balaban J connectivity index is 1.57. The summed E-state index contributed by atoms with van der Waals surface area (Å²) in [5, 5.41) is 12.5. The third-order valence-corrected chi connectivity index (χ3v) is 8.22. The Labute approximate surface area is 191 Å². The van der Waals surface area contributed by atoms with E-state index in [0.717, 1.165) is 25.7 Å². The lowest BCUT2D eigenvalue weighted by Crippen LogP contribution is -2.53. The summed E-state index contributed by atoms with van der Waals surface area (Å²) in [7, 11) is 0. The van der Waals surface area contributed by atoms with Gasteiger partial charge in [0.15, 0.2) is 0 Å². The molecule has 2 aliphatic carbocycles. The molecule has 0 aliphatic heterocycles. The third kappa shape index (κ3) is 3.85. The molecule has 32 heavy (non-hydrogen) atoms. The molecule has 0 unspecified atom stereocenters. The fraction of sp³-hybridized carbons (Fsp3) is 0.500. The Morgan fingerprint density at radius 3 is 2.50 bits per heavy atom. The molecule has 2 aliphatic rings. The van der Waals surface area contributed by atoms with Gasteiger partial charge in [-0.05, 0) is 77.2 Å². The van der Waals surface area contributed by atoms with E-state index in [4.69, 9.17) is 0 Å². The molecule has 4 nitrogen and oxygen atoms in total. The summed E-state index contributed by atoms with van der Waals surface area (Å²) in [6.07, 6.45) is 5.60. The fourth-order valence-corrected chi connectivity index (χ4v) is 6.46. The molecule has 4 heteroatoms. The molecule has 0 radical (unpaired) electrons. The predicted molar refractivity (Wildman–Crippen MR) is 127 cm³/mol. The smallest absolute Gasteiger partial charge is 0.336 e. The van der Waals surface area contributed by atoms with Crippen LogP contribution in [0.4, 0.5) is 0 Å². The minimum absolute atomic E-state index is 0.0186. The number of carboxylic acids is 1. The zero-order chi connectivity index (χ0) is 23.1. The van der Waals surface area contributed by atoms with Gasteiger partial charge < -0.3 is 10.4 Å². The van der Waals surface area contributed by atoms with E-state index in [9.17, 15) is 14.7 Å². The monoisotopic (exact) mass is 433 g/mol. The van der Waals surface area contributed by atoms with Crippen molar-refractivity contribution in [1.29, 1.82) is 0 Å². The number of carboxylic acid groups (broad SMARTS) is 1. The molecule has 1 fully saturated rings. The van der Waals surface area contributed by atoms with Crippen LogP contribution < -0.4 is 5.32 Å². The van der Waals surface area contributed by atoms with Gasteiger partial charge in [-0.25, -0.2) is 4.79 Å². The molecule has 0 aromatic heterocycles. The number of benzene rings is 2. The van der Waals surface area contributed by atoms with Crippen molar-refractivity contribution in [3.63, 3.8) is 0 Å². The zero-order valence-corrected chi connectivity index (χ0v) is 19.7. The standard InChI is InChI=1S/C28H35NO3/c1-18(2)19-10-12-23-20(16-19)11-13-24-27(3,14-7-15-28(23,24)4)17-29-25(30)21-8-5-6-9-22(21)26(31)32/h5-6,8-10,12,16,18,24H,7,11,13-15,17H2,1-4H3,(H,29,30)(H,31,32)/t24-,27-,28+/m0/s1. The van der Waals surface area contributed by atoms with E-state index in [2.05, 4.69) is 51.2 Å².